The molecule has 0 aliphatic rings. The fourth-order valence-electron chi connectivity index (χ4n) is 2.54. The lowest BCUT2D eigenvalue weighted by Gasteiger charge is -2.17. The molecule has 2 rings (SSSR count). The second kappa shape index (κ2) is 10.9. The summed E-state index contributed by atoms with van der Waals surface area (Å²) in [6.07, 6.45) is 1.93. The van der Waals surface area contributed by atoms with E-state index >= 15 is 0 Å². The molecule has 2 aromatic rings. The summed E-state index contributed by atoms with van der Waals surface area (Å²) in [4.78, 5) is 50.1. The second-order valence-corrected chi connectivity index (χ2v) is 7.17. The number of rotatable bonds is 11. The molecule has 0 unspecified atom stereocenters. The Morgan fingerprint density at radius 1 is 1.14 bits per heavy atom. The highest BCUT2D eigenvalue weighted by molar-refractivity contribution is 7.13. The molecule has 0 bridgehead atoms. The molecule has 0 saturated carbocycles. The van der Waals surface area contributed by atoms with Crippen molar-refractivity contribution in [3.8, 4) is 10.6 Å². The normalized spacial score (nSPS) is 11.4. The number of primary amides is 1. The van der Waals surface area contributed by atoms with E-state index in [1.54, 1.807) is 6.20 Å². The lowest BCUT2D eigenvalue weighted by molar-refractivity contribution is -0.138. The van der Waals surface area contributed by atoms with Crippen LogP contribution in [0.3, 0.4) is 0 Å². The molecule has 1 aromatic heterocycles. The van der Waals surface area contributed by atoms with Crippen molar-refractivity contribution in [2.24, 2.45) is 5.73 Å². The van der Waals surface area contributed by atoms with Crippen LogP contribution >= 0.6 is 11.3 Å². The van der Waals surface area contributed by atoms with Gasteiger partial charge in [0.1, 0.15) is 11.0 Å². The van der Waals surface area contributed by atoms with Crippen LogP contribution in [0.25, 0.3) is 10.6 Å². The Bertz CT molecular complexity index is 852. The van der Waals surface area contributed by atoms with E-state index in [0.717, 1.165) is 16.1 Å². The minimum absolute atomic E-state index is 0.0891. The number of carbonyl (C=O) groups is 4. The molecule has 10 heteroatoms. The summed E-state index contributed by atoms with van der Waals surface area (Å²) in [5, 5.41) is 16.4. The van der Waals surface area contributed by atoms with E-state index in [0.29, 0.717) is 6.42 Å². The summed E-state index contributed by atoms with van der Waals surface area (Å²) in [5.41, 5.74) is 6.92. The molecule has 3 amide bonds. The molecule has 0 radical (unpaired) electrons. The van der Waals surface area contributed by atoms with Gasteiger partial charge in [-0.15, -0.1) is 11.3 Å². The maximum atomic E-state index is 12.2. The molecule has 0 aliphatic heterocycles. The molecule has 5 N–H and O–H groups in total. The van der Waals surface area contributed by atoms with Gasteiger partial charge >= 0.3 is 5.97 Å². The van der Waals surface area contributed by atoms with E-state index in [1.165, 1.54) is 11.3 Å². The number of hydrogen-bond donors (Lipinski definition) is 4. The smallest absolute Gasteiger partial charge is 0.303 e. The standard InChI is InChI=1S/C19H22N4O5S/c20-15(24)11-22-18(28)14(6-8-17(26)27)23-16(25)7-3-12-1-4-13(5-2-12)19-21-9-10-29-19/h1-2,4-5,9-10,14H,3,6-8,11H2,(H2,20,24)(H,22,28)(H,23,25)(H,26,27)/t14-/m0/s1. The summed E-state index contributed by atoms with van der Waals surface area (Å²) in [6, 6.07) is 6.62. The van der Waals surface area contributed by atoms with Crippen LogP contribution in [-0.4, -0.2) is 46.4 Å². The van der Waals surface area contributed by atoms with E-state index in [2.05, 4.69) is 15.6 Å². The molecule has 1 heterocycles. The number of nitrogens with two attached hydrogens (primary N) is 1. The molecule has 0 spiro atoms. The Hall–Kier alpha value is -3.27. The van der Waals surface area contributed by atoms with Gasteiger partial charge in [-0.25, -0.2) is 4.98 Å². The highest BCUT2D eigenvalue weighted by atomic mass is 32.1. The van der Waals surface area contributed by atoms with Crippen molar-refractivity contribution in [3.63, 3.8) is 0 Å². The molecule has 0 aliphatic carbocycles. The topological polar surface area (TPSA) is 151 Å². The molecule has 9 nitrogen and oxygen atoms in total. The predicted octanol–water partition coefficient (Wildman–Crippen LogP) is 0.694. The number of aliphatic carboxylic acids is 1. The van der Waals surface area contributed by atoms with Crippen LogP contribution in [0.4, 0.5) is 0 Å². The number of nitrogens with zero attached hydrogens (tertiary/aromatic N) is 1. The van der Waals surface area contributed by atoms with Gasteiger partial charge in [0.25, 0.3) is 0 Å². The Morgan fingerprint density at radius 2 is 1.86 bits per heavy atom. The average Bonchev–Trinajstić information content (AvgIpc) is 3.22. The number of aryl methyl sites for hydroxylation is 1. The summed E-state index contributed by atoms with van der Waals surface area (Å²) in [7, 11) is 0. The third-order valence-electron chi connectivity index (χ3n) is 4.01. The number of carbonyl (C=O) groups excluding carboxylic acids is 3. The zero-order chi connectivity index (χ0) is 21.2. The van der Waals surface area contributed by atoms with Gasteiger partial charge in [-0.3, -0.25) is 19.2 Å². The number of benzene rings is 1. The lowest BCUT2D eigenvalue weighted by Crippen LogP contribution is -2.48. The van der Waals surface area contributed by atoms with E-state index in [-0.39, 0.29) is 25.8 Å². The minimum atomic E-state index is -1.09. The van der Waals surface area contributed by atoms with Gasteiger partial charge in [0.2, 0.25) is 17.7 Å². The van der Waals surface area contributed by atoms with E-state index in [1.807, 2.05) is 29.6 Å². The van der Waals surface area contributed by atoms with Gasteiger partial charge in [0, 0.05) is 30.0 Å². The van der Waals surface area contributed by atoms with Crippen LogP contribution in [0.5, 0.6) is 0 Å². The van der Waals surface area contributed by atoms with Crippen LogP contribution in [0, 0.1) is 0 Å². The fraction of sp³-hybridized carbons (Fsp3) is 0.316. The Labute approximate surface area is 171 Å². The number of hydrogen-bond acceptors (Lipinski definition) is 6. The predicted molar refractivity (Wildman–Crippen MR) is 107 cm³/mol. The first-order valence-electron chi connectivity index (χ1n) is 8.91. The number of nitrogens with one attached hydrogen (secondary N) is 2. The largest absolute Gasteiger partial charge is 0.481 e. The first kappa shape index (κ1) is 22.0. The minimum Gasteiger partial charge on any atom is -0.481 e. The molecular formula is C19H22N4O5S. The Morgan fingerprint density at radius 3 is 2.45 bits per heavy atom. The molecule has 1 atom stereocenters. The highest BCUT2D eigenvalue weighted by Gasteiger charge is 2.21. The Balaban J connectivity index is 1.88. The first-order chi connectivity index (χ1) is 13.8. The number of amides is 3. The van der Waals surface area contributed by atoms with Gasteiger partial charge < -0.3 is 21.5 Å². The van der Waals surface area contributed by atoms with Crippen LogP contribution in [0.2, 0.25) is 0 Å². The molecule has 0 fully saturated rings. The highest BCUT2D eigenvalue weighted by Crippen LogP contribution is 2.22. The maximum Gasteiger partial charge on any atom is 0.303 e. The SMILES string of the molecule is NC(=O)CNC(=O)[C@H](CCC(=O)O)NC(=O)CCc1ccc(-c2nccs2)cc1. The molecular weight excluding hydrogens is 396 g/mol. The van der Waals surface area contributed by atoms with Gasteiger partial charge in [-0.2, -0.15) is 0 Å². The fourth-order valence-corrected chi connectivity index (χ4v) is 3.18. The molecule has 1 aromatic carbocycles. The average molecular weight is 418 g/mol. The summed E-state index contributed by atoms with van der Waals surface area (Å²) < 4.78 is 0. The van der Waals surface area contributed by atoms with Crippen LogP contribution in [-0.2, 0) is 25.6 Å². The molecule has 29 heavy (non-hydrogen) atoms. The first-order valence-corrected chi connectivity index (χ1v) is 9.79. The van der Waals surface area contributed by atoms with Gasteiger partial charge in [-0.05, 0) is 18.4 Å². The van der Waals surface area contributed by atoms with Crippen molar-refractivity contribution in [3.05, 3.63) is 41.4 Å². The monoisotopic (exact) mass is 418 g/mol. The van der Waals surface area contributed by atoms with Gasteiger partial charge in [0.15, 0.2) is 0 Å². The summed E-state index contributed by atoms with van der Waals surface area (Å²) in [5.74, 6) is -2.86. The van der Waals surface area contributed by atoms with Crippen molar-refractivity contribution in [2.75, 3.05) is 6.54 Å². The van der Waals surface area contributed by atoms with E-state index < -0.39 is 29.7 Å². The zero-order valence-electron chi connectivity index (χ0n) is 15.6. The van der Waals surface area contributed by atoms with E-state index in [4.69, 9.17) is 10.8 Å². The number of aromatic nitrogens is 1. The van der Waals surface area contributed by atoms with Gasteiger partial charge in [-0.1, -0.05) is 24.3 Å². The van der Waals surface area contributed by atoms with Crippen molar-refractivity contribution in [1.29, 1.82) is 0 Å². The van der Waals surface area contributed by atoms with Crippen molar-refractivity contribution < 1.29 is 24.3 Å². The number of thiazole rings is 1. The molecule has 0 saturated heterocycles. The van der Waals surface area contributed by atoms with Crippen molar-refractivity contribution >= 4 is 35.0 Å². The Kier molecular flexibility index (Phi) is 8.28. The maximum absolute atomic E-state index is 12.2. The summed E-state index contributed by atoms with van der Waals surface area (Å²) in [6.45, 7) is -0.385. The zero-order valence-corrected chi connectivity index (χ0v) is 16.4. The number of carboxylic acid groups (broad SMARTS) is 1. The summed E-state index contributed by atoms with van der Waals surface area (Å²) >= 11 is 1.54. The third-order valence-corrected chi connectivity index (χ3v) is 4.83. The molecule has 154 valence electrons. The quantitative estimate of drug-likeness (QED) is 0.421. The number of carboxylic acids is 1. The van der Waals surface area contributed by atoms with Crippen LogP contribution < -0.4 is 16.4 Å². The second-order valence-electron chi connectivity index (χ2n) is 6.27. The van der Waals surface area contributed by atoms with Crippen LogP contribution in [0.1, 0.15) is 24.8 Å². The van der Waals surface area contributed by atoms with Crippen LogP contribution in [0.15, 0.2) is 35.8 Å². The third kappa shape index (κ3) is 7.70. The van der Waals surface area contributed by atoms with Gasteiger partial charge in [0.05, 0.1) is 6.54 Å². The van der Waals surface area contributed by atoms with E-state index in [9.17, 15) is 19.2 Å². The van der Waals surface area contributed by atoms with Crippen molar-refractivity contribution in [2.45, 2.75) is 31.7 Å². The van der Waals surface area contributed by atoms with Crippen molar-refractivity contribution in [1.82, 2.24) is 15.6 Å². The lowest BCUT2D eigenvalue weighted by atomic mass is 10.1.